The molecule has 0 aliphatic carbocycles. The molecular formula is C22H27N3O3. The molecule has 2 aromatic rings. The molecule has 0 bridgehead atoms. The van der Waals surface area contributed by atoms with Crippen molar-refractivity contribution >= 4 is 5.91 Å². The average molecular weight is 381 g/mol. The minimum absolute atomic E-state index is 0.0277. The maximum absolute atomic E-state index is 13.2. The monoisotopic (exact) mass is 381 g/mol. The van der Waals surface area contributed by atoms with E-state index in [0.717, 1.165) is 18.4 Å². The van der Waals surface area contributed by atoms with Gasteiger partial charge in [0, 0.05) is 18.8 Å². The highest BCUT2D eigenvalue weighted by molar-refractivity contribution is 5.96. The van der Waals surface area contributed by atoms with E-state index in [1.165, 1.54) is 25.3 Å². The van der Waals surface area contributed by atoms with E-state index >= 15 is 0 Å². The molecule has 148 valence electrons. The summed E-state index contributed by atoms with van der Waals surface area (Å²) in [5.74, 6) is 0.630. The van der Waals surface area contributed by atoms with Gasteiger partial charge in [-0.05, 0) is 24.3 Å². The maximum Gasteiger partial charge on any atom is 0.278 e. The first-order chi connectivity index (χ1) is 13.7. The predicted molar refractivity (Wildman–Crippen MR) is 108 cm³/mol. The summed E-state index contributed by atoms with van der Waals surface area (Å²) >= 11 is 0. The second-order valence-electron chi connectivity index (χ2n) is 7.68. The topological polar surface area (TPSA) is 63.6 Å². The Labute approximate surface area is 165 Å². The lowest BCUT2D eigenvalue weighted by Crippen LogP contribution is -2.57. The highest BCUT2D eigenvalue weighted by Crippen LogP contribution is 2.31. The minimum Gasteiger partial charge on any atom is -0.482 e. The molecule has 4 rings (SSSR count). The molecule has 1 fully saturated rings. The van der Waals surface area contributed by atoms with E-state index in [1.807, 2.05) is 35.2 Å². The van der Waals surface area contributed by atoms with Gasteiger partial charge in [0.1, 0.15) is 12.8 Å². The van der Waals surface area contributed by atoms with Crippen molar-refractivity contribution in [3.05, 3.63) is 64.1 Å². The number of hydrogen-bond donors (Lipinski definition) is 1. The molecule has 2 unspecified atom stereocenters. The number of rotatable bonds is 6. The molecule has 0 radical (unpaired) electrons. The second-order valence-corrected chi connectivity index (χ2v) is 7.68. The summed E-state index contributed by atoms with van der Waals surface area (Å²) in [6.07, 6.45) is 7.20. The van der Waals surface area contributed by atoms with Crippen LogP contribution >= 0.6 is 0 Å². The van der Waals surface area contributed by atoms with Crippen molar-refractivity contribution in [3.8, 4) is 5.75 Å². The molecule has 2 atom stereocenters. The SMILES string of the molecule is CCCCC1CCN2C(=O)c3c(OCc4ccccc4)c(=O)ccn3NC2C1. The smallest absolute Gasteiger partial charge is 0.278 e. The van der Waals surface area contributed by atoms with Crippen molar-refractivity contribution in [1.29, 1.82) is 0 Å². The van der Waals surface area contributed by atoms with Crippen LogP contribution in [0, 0.1) is 5.92 Å². The Morgan fingerprint density at radius 1 is 1.18 bits per heavy atom. The summed E-state index contributed by atoms with van der Waals surface area (Å²) in [5.41, 5.74) is 4.39. The zero-order valence-corrected chi connectivity index (χ0v) is 16.3. The summed E-state index contributed by atoms with van der Waals surface area (Å²) in [5, 5.41) is 0. The Balaban J connectivity index is 1.57. The van der Waals surface area contributed by atoms with Crippen molar-refractivity contribution in [2.24, 2.45) is 5.92 Å². The summed E-state index contributed by atoms with van der Waals surface area (Å²) in [7, 11) is 0. The normalized spacial score (nSPS) is 20.9. The number of nitrogens with one attached hydrogen (secondary N) is 1. The van der Waals surface area contributed by atoms with Crippen LogP contribution in [0.4, 0.5) is 0 Å². The number of unbranched alkanes of at least 4 members (excludes halogenated alkanes) is 1. The lowest BCUT2D eigenvalue weighted by Gasteiger charge is -2.44. The summed E-state index contributed by atoms with van der Waals surface area (Å²) in [4.78, 5) is 27.5. The van der Waals surface area contributed by atoms with Gasteiger partial charge in [-0.25, -0.2) is 0 Å². The van der Waals surface area contributed by atoms with Gasteiger partial charge in [0.2, 0.25) is 5.43 Å². The van der Waals surface area contributed by atoms with E-state index in [9.17, 15) is 9.59 Å². The molecule has 1 aromatic carbocycles. The highest BCUT2D eigenvalue weighted by Gasteiger charge is 2.38. The van der Waals surface area contributed by atoms with Crippen molar-refractivity contribution < 1.29 is 9.53 Å². The van der Waals surface area contributed by atoms with Crippen LogP contribution in [0.15, 0.2) is 47.4 Å². The van der Waals surface area contributed by atoms with Gasteiger partial charge in [0.15, 0.2) is 11.4 Å². The largest absolute Gasteiger partial charge is 0.482 e. The van der Waals surface area contributed by atoms with Gasteiger partial charge in [-0.1, -0.05) is 56.5 Å². The molecule has 1 amide bonds. The van der Waals surface area contributed by atoms with Crippen LogP contribution in [0.2, 0.25) is 0 Å². The van der Waals surface area contributed by atoms with Crippen LogP contribution in [0.3, 0.4) is 0 Å². The van der Waals surface area contributed by atoms with E-state index < -0.39 is 0 Å². The lowest BCUT2D eigenvalue weighted by molar-refractivity contribution is 0.0494. The summed E-state index contributed by atoms with van der Waals surface area (Å²) in [6, 6.07) is 11.1. The predicted octanol–water partition coefficient (Wildman–Crippen LogP) is 3.35. The molecule has 0 saturated carbocycles. The number of nitrogens with zero attached hydrogens (tertiary/aromatic N) is 2. The van der Waals surface area contributed by atoms with Crippen LogP contribution in [0.25, 0.3) is 0 Å². The van der Waals surface area contributed by atoms with Crippen LogP contribution in [0.1, 0.15) is 55.1 Å². The molecule has 28 heavy (non-hydrogen) atoms. The number of fused-ring (bicyclic) bond motifs is 2. The Morgan fingerprint density at radius 3 is 2.79 bits per heavy atom. The van der Waals surface area contributed by atoms with Crippen LogP contribution in [-0.4, -0.2) is 28.2 Å². The Morgan fingerprint density at radius 2 is 2.00 bits per heavy atom. The van der Waals surface area contributed by atoms with Crippen LogP contribution < -0.4 is 15.6 Å². The Bertz CT molecular complexity index is 894. The third-order valence-corrected chi connectivity index (χ3v) is 5.71. The number of ether oxygens (including phenoxy) is 1. The Kier molecular flexibility index (Phi) is 5.37. The maximum atomic E-state index is 13.2. The van der Waals surface area contributed by atoms with E-state index in [-0.39, 0.29) is 29.9 Å². The summed E-state index contributed by atoms with van der Waals surface area (Å²) < 4.78 is 7.50. The molecular weight excluding hydrogens is 354 g/mol. The number of carbonyl (C=O) groups excluding carboxylic acids is 1. The van der Waals surface area contributed by atoms with E-state index in [2.05, 4.69) is 12.3 Å². The van der Waals surface area contributed by atoms with Gasteiger partial charge in [-0.2, -0.15) is 0 Å². The molecule has 6 nitrogen and oxygen atoms in total. The van der Waals surface area contributed by atoms with Gasteiger partial charge < -0.3 is 15.1 Å². The standard InChI is InChI=1S/C22H27N3O3/c1-2-3-7-16-10-12-24-19(14-16)23-25-13-11-18(26)21(20(25)22(24)27)28-15-17-8-5-4-6-9-17/h4-6,8-9,11,13,16,19,23H,2-3,7,10,12,14-15H2,1H3. The first-order valence-corrected chi connectivity index (χ1v) is 10.2. The molecule has 1 N–H and O–H groups in total. The summed E-state index contributed by atoms with van der Waals surface area (Å²) in [6.45, 7) is 3.18. The number of hydrogen-bond acceptors (Lipinski definition) is 4. The average Bonchev–Trinajstić information content (AvgIpc) is 2.72. The number of aromatic nitrogens is 1. The highest BCUT2D eigenvalue weighted by atomic mass is 16.5. The quantitative estimate of drug-likeness (QED) is 0.833. The fourth-order valence-corrected chi connectivity index (χ4v) is 4.15. The molecule has 0 spiro atoms. The van der Waals surface area contributed by atoms with E-state index in [1.54, 1.807) is 10.9 Å². The molecule has 2 aliphatic rings. The van der Waals surface area contributed by atoms with Crippen LogP contribution in [-0.2, 0) is 6.61 Å². The number of carbonyl (C=O) groups is 1. The first-order valence-electron chi connectivity index (χ1n) is 10.2. The third-order valence-electron chi connectivity index (χ3n) is 5.71. The van der Waals surface area contributed by atoms with Crippen molar-refractivity contribution in [2.75, 3.05) is 12.0 Å². The number of piperidine rings is 1. The molecule has 3 heterocycles. The zero-order chi connectivity index (χ0) is 19.5. The lowest BCUT2D eigenvalue weighted by atomic mass is 9.89. The fourth-order valence-electron chi connectivity index (χ4n) is 4.15. The molecule has 1 saturated heterocycles. The fraction of sp³-hybridized carbons (Fsp3) is 0.455. The van der Waals surface area contributed by atoms with Gasteiger partial charge in [-0.15, -0.1) is 0 Å². The number of pyridine rings is 1. The van der Waals surface area contributed by atoms with Crippen LogP contribution in [0.5, 0.6) is 5.75 Å². The Hall–Kier alpha value is -2.76. The van der Waals surface area contributed by atoms with Gasteiger partial charge in [0.05, 0.1) is 0 Å². The van der Waals surface area contributed by atoms with Crippen molar-refractivity contribution in [1.82, 2.24) is 9.58 Å². The van der Waals surface area contributed by atoms with E-state index in [0.29, 0.717) is 18.2 Å². The van der Waals surface area contributed by atoms with Crippen molar-refractivity contribution in [3.63, 3.8) is 0 Å². The number of benzene rings is 1. The molecule has 1 aromatic heterocycles. The van der Waals surface area contributed by atoms with Crippen molar-refractivity contribution in [2.45, 2.75) is 51.8 Å². The minimum atomic E-state index is -0.270. The second kappa shape index (κ2) is 8.09. The molecule has 6 heteroatoms. The third kappa shape index (κ3) is 3.63. The number of amides is 1. The van der Waals surface area contributed by atoms with Gasteiger partial charge >= 0.3 is 0 Å². The van der Waals surface area contributed by atoms with Gasteiger partial charge in [-0.3, -0.25) is 14.3 Å². The van der Waals surface area contributed by atoms with Gasteiger partial charge in [0.25, 0.3) is 5.91 Å². The van der Waals surface area contributed by atoms with E-state index in [4.69, 9.17) is 4.74 Å². The first kappa shape index (κ1) is 18.6. The zero-order valence-electron chi connectivity index (χ0n) is 16.3. The molecule has 2 aliphatic heterocycles.